The van der Waals surface area contributed by atoms with Gasteiger partial charge in [0.15, 0.2) is 0 Å². The molecule has 1 atom stereocenters. The Morgan fingerprint density at radius 3 is 2.71 bits per heavy atom. The van der Waals surface area contributed by atoms with E-state index in [2.05, 4.69) is 32.0 Å². The molecular weight excluding hydrogens is 301 g/mol. The van der Waals surface area contributed by atoms with E-state index in [0.717, 1.165) is 6.42 Å². The first-order valence-electron chi connectivity index (χ1n) is 8.43. The highest BCUT2D eigenvalue weighted by atomic mass is 16.5. The zero-order chi connectivity index (χ0) is 17.3. The Hall–Kier alpha value is -2.50. The molecule has 1 aromatic carbocycles. The normalized spacial score (nSPS) is 12.5. The fourth-order valence-corrected chi connectivity index (χ4v) is 3.81. The Labute approximate surface area is 142 Å². The van der Waals surface area contributed by atoms with E-state index in [1.807, 2.05) is 45.7 Å². The molecule has 0 N–H and O–H groups in total. The molecule has 0 radical (unpaired) electrons. The molecule has 0 bridgehead atoms. The second-order valence-corrected chi connectivity index (χ2v) is 6.77. The summed E-state index contributed by atoms with van der Waals surface area (Å²) < 4.78 is 11.4. The lowest BCUT2D eigenvalue weighted by molar-refractivity contribution is -0.653. The Morgan fingerprint density at radius 2 is 2.04 bits per heavy atom. The van der Waals surface area contributed by atoms with Crippen molar-refractivity contribution in [2.45, 2.75) is 12.2 Å². The number of imidazole rings is 1. The molecule has 0 aliphatic carbocycles. The molecule has 0 saturated carbocycles. The number of methoxy groups -OCH3 is 1. The maximum absolute atomic E-state index is 12.4. The standard InChI is InChI=1S/C18H24BN3O2/c1-20-9-10-21(2)18(20)19-15(17(23)24-4)11-13-12-22(3)16-8-6-5-7-14(13)16/h5-10,12,15H,11,19H2,1-4H3/t15-/m0/s1. The zero-order valence-electron chi connectivity index (χ0n) is 15.0. The van der Waals surface area contributed by atoms with Gasteiger partial charge in [0.05, 0.1) is 26.9 Å². The van der Waals surface area contributed by atoms with Crippen LogP contribution < -0.4 is 10.3 Å². The van der Waals surface area contributed by atoms with Gasteiger partial charge < -0.3 is 9.30 Å². The number of rotatable bonds is 5. The average molecular weight is 325 g/mol. The molecular formula is C18H24BN3O2. The predicted octanol–water partition coefficient (Wildman–Crippen LogP) is 0.340. The van der Waals surface area contributed by atoms with Gasteiger partial charge in [0.2, 0.25) is 0 Å². The molecule has 0 aliphatic heterocycles. The summed E-state index contributed by atoms with van der Waals surface area (Å²) in [6, 6.07) is 8.33. The van der Waals surface area contributed by atoms with Gasteiger partial charge in [0.25, 0.3) is 5.97 Å². The van der Waals surface area contributed by atoms with E-state index < -0.39 is 7.28 Å². The summed E-state index contributed by atoms with van der Waals surface area (Å²) in [5, 5.41) is 1.22. The summed E-state index contributed by atoms with van der Waals surface area (Å²) in [7, 11) is 6.91. The number of hydrogen-bond acceptors (Lipinski definition) is 2. The Morgan fingerprint density at radius 1 is 1.29 bits per heavy atom. The van der Waals surface area contributed by atoms with E-state index in [4.69, 9.17) is 4.74 Å². The van der Waals surface area contributed by atoms with Crippen LogP contribution in [0.5, 0.6) is 0 Å². The van der Waals surface area contributed by atoms with Crippen LogP contribution in [0.4, 0.5) is 0 Å². The van der Waals surface area contributed by atoms with Gasteiger partial charge in [-0.2, -0.15) is 0 Å². The van der Waals surface area contributed by atoms with E-state index in [1.54, 1.807) is 0 Å². The van der Waals surface area contributed by atoms with Crippen LogP contribution in [0.2, 0.25) is 5.82 Å². The Balaban J connectivity index is 1.93. The van der Waals surface area contributed by atoms with E-state index in [-0.39, 0.29) is 11.8 Å². The maximum atomic E-state index is 12.4. The molecule has 2 heterocycles. The second-order valence-electron chi connectivity index (χ2n) is 6.77. The molecule has 0 saturated heterocycles. The zero-order valence-corrected chi connectivity index (χ0v) is 15.0. The van der Waals surface area contributed by atoms with Crippen LogP contribution in [-0.2, 0) is 37.1 Å². The van der Waals surface area contributed by atoms with Crippen LogP contribution in [0.3, 0.4) is 0 Å². The maximum Gasteiger partial charge on any atom is 0.273 e. The third-order valence-corrected chi connectivity index (χ3v) is 5.25. The van der Waals surface area contributed by atoms with Crippen molar-refractivity contribution in [3.63, 3.8) is 0 Å². The van der Waals surface area contributed by atoms with Crippen LogP contribution in [0.15, 0.2) is 42.9 Å². The summed E-state index contributed by atoms with van der Waals surface area (Å²) in [5.41, 5.74) is 3.63. The third-order valence-electron chi connectivity index (χ3n) is 5.25. The molecule has 0 unspecified atom stereocenters. The lowest BCUT2D eigenvalue weighted by atomic mass is 9.61. The van der Waals surface area contributed by atoms with Crippen LogP contribution in [-0.4, -0.2) is 29.5 Å². The molecule has 3 rings (SSSR count). The van der Waals surface area contributed by atoms with Gasteiger partial charge in [-0.3, -0.25) is 13.9 Å². The first kappa shape index (κ1) is 16.4. The highest BCUT2D eigenvalue weighted by Gasteiger charge is 2.21. The van der Waals surface area contributed by atoms with Crippen molar-refractivity contribution >= 4 is 29.9 Å². The largest absolute Gasteiger partial charge is 0.471 e. The van der Waals surface area contributed by atoms with Crippen molar-refractivity contribution in [1.82, 2.24) is 9.13 Å². The van der Waals surface area contributed by atoms with Gasteiger partial charge in [-0.1, -0.05) is 24.0 Å². The minimum atomic E-state index is -0.682. The number of aryl methyl sites for hydroxylation is 3. The van der Waals surface area contributed by atoms with Crippen molar-refractivity contribution in [1.29, 1.82) is 0 Å². The number of carbonyl (C=O) groups is 1. The molecule has 0 amide bonds. The highest BCUT2D eigenvalue weighted by molar-refractivity contribution is 6.56. The molecule has 2 aromatic heterocycles. The van der Waals surface area contributed by atoms with Gasteiger partial charge in [-0.05, 0) is 18.1 Å². The number of nitrogens with zero attached hydrogens (tertiary/aromatic N) is 3. The minimum absolute atomic E-state index is 0.0828. The molecule has 0 spiro atoms. The fourth-order valence-electron chi connectivity index (χ4n) is 3.81. The van der Waals surface area contributed by atoms with E-state index in [1.165, 1.54) is 29.3 Å². The Bertz CT molecular complexity index is 862. The van der Waals surface area contributed by atoms with Gasteiger partial charge in [0.1, 0.15) is 19.7 Å². The quantitative estimate of drug-likeness (QED) is 0.386. The van der Waals surface area contributed by atoms with E-state index in [9.17, 15) is 4.79 Å². The van der Waals surface area contributed by atoms with E-state index >= 15 is 0 Å². The van der Waals surface area contributed by atoms with Crippen molar-refractivity contribution < 1.29 is 14.1 Å². The van der Waals surface area contributed by atoms with Gasteiger partial charge in [-0.25, -0.2) is 0 Å². The molecule has 6 heteroatoms. The molecule has 3 aromatic rings. The number of ether oxygens (including phenoxy) is 1. The summed E-state index contributed by atoms with van der Waals surface area (Å²) in [6.07, 6.45) is 6.92. The summed E-state index contributed by atoms with van der Waals surface area (Å²) >= 11 is 0. The Kier molecular flexibility index (Phi) is 4.47. The lowest BCUT2D eigenvalue weighted by Gasteiger charge is -2.18. The molecule has 24 heavy (non-hydrogen) atoms. The summed E-state index contributed by atoms with van der Waals surface area (Å²) in [4.78, 5) is 12.4. The van der Waals surface area contributed by atoms with Crippen LogP contribution >= 0.6 is 0 Å². The molecule has 0 aliphatic rings. The van der Waals surface area contributed by atoms with Crippen molar-refractivity contribution in [2.75, 3.05) is 7.11 Å². The number of esters is 1. The predicted molar refractivity (Wildman–Crippen MR) is 97.2 cm³/mol. The van der Waals surface area contributed by atoms with Crippen LogP contribution in [0, 0.1) is 0 Å². The number of carbonyl (C=O) groups excluding carboxylic acids is 1. The SMILES string of the molecule is COC(=O)[C@@H]([BH2-]c1n(C)cc[n+]1C)Cc1cn(C)c2ccccc12. The number of hydrogen-bond donors (Lipinski definition) is 0. The lowest BCUT2D eigenvalue weighted by Crippen LogP contribution is -2.51. The average Bonchev–Trinajstić information content (AvgIpc) is 3.07. The van der Waals surface area contributed by atoms with Gasteiger partial charge >= 0.3 is 0 Å². The monoisotopic (exact) mass is 325 g/mol. The number of fused-ring (bicyclic) bond motifs is 1. The summed E-state index contributed by atoms with van der Waals surface area (Å²) in [5.74, 6) is -0.190. The second kappa shape index (κ2) is 6.55. The van der Waals surface area contributed by atoms with Crippen molar-refractivity contribution in [3.8, 4) is 0 Å². The van der Waals surface area contributed by atoms with Crippen molar-refractivity contribution in [2.24, 2.45) is 21.1 Å². The summed E-state index contributed by atoms with van der Waals surface area (Å²) in [6.45, 7) is 0. The van der Waals surface area contributed by atoms with Gasteiger partial charge in [-0.15, -0.1) is 0 Å². The first-order chi connectivity index (χ1) is 11.5. The smallest absolute Gasteiger partial charge is 0.273 e. The first-order valence-corrected chi connectivity index (χ1v) is 8.43. The van der Waals surface area contributed by atoms with E-state index in [0.29, 0.717) is 0 Å². The van der Waals surface area contributed by atoms with Crippen LogP contribution in [0.1, 0.15) is 5.56 Å². The minimum Gasteiger partial charge on any atom is -0.471 e. The fraction of sp³-hybridized carbons (Fsp3) is 0.333. The molecule has 5 nitrogen and oxygen atoms in total. The number of benzene rings is 1. The van der Waals surface area contributed by atoms with Crippen LogP contribution in [0.25, 0.3) is 10.9 Å². The topological polar surface area (TPSA) is 40.0 Å². The molecule has 126 valence electrons. The highest BCUT2D eigenvalue weighted by Crippen LogP contribution is 2.25. The number of aromatic nitrogens is 3. The number of para-hydroxylation sites is 1. The molecule has 0 fully saturated rings. The van der Waals surface area contributed by atoms with Gasteiger partial charge in [0, 0.05) is 24.1 Å². The van der Waals surface area contributed by atoms with Crippen molar-refractivity contribution in [3.05, 3.63) is 48.4 Å². The third kappa shape index (κ3) is 2.96.